The molecular weight excluding hydrogens is 252 g/mol. The molecule has 0 aliphatic heterocycles. The molecule has 0 saturated carbocycles. The van der Waals surface area contributed by atoms with Crippen LogP contribution in [0.1, 0.15) is 12.0 Å². The Balaban J connectivity index is 2.40. The van der Waals surface area contributed by atoms with Crippen molar-refractivity contribution in [2.24, 2.45) is 0 Å². The zero-order valence-electron chi connectivity index (χ0n) is 12.4. The third-order valence-electron chi connectivity index (χ3n) is 2.53. The van der Waals surface area contributed by atoms with Crippen molar-refractivity contribution in [1.29, 1.82) is 0 Å². The first-order chi connectivity index (χ1) is 8.29. The van der Waals surface area contributed by atoms with E-state index in [1.54, 1.807) is 0 Å². The van der Waals surface area contributed by atoms with E-state index in [0.717, 1.165) is 12.8 Å². The second-order valence-electron chi connectivity index (χ2n) is 6.24. The summed E-state index contributed by atoms with van der Waals surface area (Å²) in [4.78, 5) is 0. The van der Waals surface area contributed by atoms with Crippen LogP contribution in [0.25, 0.3) is 0 Å². The molecule has 1 aromatic carbocycles. The van der Waals surface area contributed by atoms with Gasteiger partial charge in [-0.25, -0.2) is 0 Å². The van der Waals surface area contributed by atoms with Crippen LogP contribution in [0, 0.1) is 0 Å². The monoisotopic (exact) mass is 278 g/mol. The first-order valence-corrected chi connectivity index (χ1v) is 13.1. The summed E-state index contributed by atoms with van der Waals surface area (Å²) < 4.78 is 6.27. The lowest BCUT2D eigenvalue weighted by Crippen LogP contribution is -2.40. The molecule has 0 fully saturated rings. The van der Waals surface area contributed by atoms with Crippen molar-refractivity contribution in [2.45, 2.75) is 45.6 Å². The molecule has 0 saturated heterocycles. The largest absolute Gasteiger partial charge is 0.453 e. The molecule has 1 aromatic rings. The van der Waals surface area contributed by atoms with Gasteiger partial charge in [0.25, 0.3) is 0 Å². The molecule has 0 amide bonds. The molecule has 100 valence electrons. The number of hydrogen-bond acceptors (Lipinski definition) is 1. The summed E-state index contributed by atoms with van der Waals surface area (Å²) in [5.41, 5.74) is 3.75. The van der Waals surface area contributed by atoms with E-state index in [1.165, 1.54) is 5.56 Å². The Labute approximate surface area is 114 Å². The van der Waals surface area contributed by atoms with Gasteiger partial charge in [0.05, 0.1) is 0 Å². The summed E-state index contributed by atoms with van der Waals surface area (Å²) in [6.07, 6.45) is 4.53. The molecule has 0 aromatic heterocycles. The van der Waals surface area contributed by atoms with Gasteiger partial charge in [-0.05, 0) is 51.1 Å². The topological polar surface area (TPSA) is 9.23 Å². The molecule has 1 rings (SSSR count). The fraction of sp³-hybridized carbons (Fsp3) is 0.467. The van der Waals surface area contributed by atoms with Gasteiger partial charge in [0, 0.05) is 0 Å². The minimum absolute atomic E-state index is 1.11. The molecule has 0 N–H and O–H groups in total. The number of allylic oxidation sites excluding steroid dienone is 1. The molecule has 1 nitrogen and oxygen atoms in total. The van der Waals surface area contributed by atoms with E-state index in [0.29, 0.717) is 0 Å². The number of hydrogen-bond donors (Lipinski definition) is 0. The van der Waals surface area contributed by atoms with Crippen LogP contribution in [-0.2, 0) is 10.5 Å². The van der Waals surface area contributed by atoms with Crippen LogP contribution in [0.4, 0.5) is 0 Å². The summed E-state index contributed by atoms with van der Waals surface area (Å²) in [6.45, 7) is 11.4. The lowest BCUT2D eigenvalue weighted by Gasteiger charge is -2.28. The van der Waals surface area contributed by atoms with Crippen LogP contribution in [0.2, 0.25) is 32.7 Å². The Morgan fingerprint density at radius 1 is 1.00 bits per heavy atom. The standard InChI is InChI=1S/C15H26OSi2/c1-17(2,3)16-18(4,5)14-10-9-13-15-11-7-6-8-12-15/h6-8,10-12,14H,9,13H2,1-5H3/b14-10+. The second kappa shape index (κ2) is 6.50. The molecule has 18 heavy (non-hydrogen) atoms. The Morgan fingerprint density at radius 3 is 2.17 bits per heavy atom. The van der Waals surface area contributed by atoms with E-state index < -0.39 is 16.6 Å². The van der Waals surface area contributed by atoms with Crippen molar-refractivity contribution in [1.82, 2.24) is 0 Å². The summed E-state index contributed by atoms with van der Waals surface area (Å²) in [7, 11) is -3.00. The van der Waals surface area contributed by atoms with Crippen LogP contribution in [-0.4, -0.2) is 16.6 Å². The normalized spacial score (nSPS) is 13.2. The Hall–Kier alpha value is -0.646. The van der Waals surface area contributed by atoms with E-state index in [9.17, 15) is 0 Å². The van der Waals surface area contributed by atoms with Crippen LogP contribution in [0.5, 0.6) is 0 Å². The third kappa shape index (κ3) is 6.94. The minimum atomic E-state index is -1.60. The molecule has 0 aliphatic rings. The van der Waals surface area contributed by atoms with E-state index in [2.05, 4.69) is 74.8 Å². The zero-order chi connectivity index (χ0) is 13.6. The van der Waals surface area contributed by atoms with Crippen molar-refractivity contribution < 1.29 is 4.12 Å². The maximum Gasteiger partial charge on any atom is 0.198 e. The van der Waals surface area contributed by atoms with Crippen LogP contribution in [0.3, 0.4) is 0 Å². The van der Waals surface area contributed by atoms with Gasteiger partial charge in [0.15, 0.2) is 16.6 Å². The van der Waals surface area contributed by atoms with Gasteiger partial charge in [-0.2, -0.15) is 0 Å². The highest BCUT2D eigenvalue weighted by Crippen LogP contribution is 2.15. The zero-order valence-corrected chi connectivity index (χ0v) is 14.4. The minimum Gasteiger partial charge on any atom is -0.453 e. The Morgan fingerprint density at radius 2 is 1.61 bits per heavy atom. The number of aryl methyl sites for hydroxylation is 1. The summed E-state index contributed by atoms with van der Waals surface area (Å²) in [6, 6.07) is 10.7. The average Bonchev–Trinajstić information content (AvgIpc) is 2.23. The van der Waals surface area contributed by atoms with Crippen molar-refractivity contribution in [3.8, 4) is 0 Å². The first-order valence-electron chi connectivity index (χ1n) is 6.70. The van der Waals surface area contributed by atoms with E-state index in [1.807, 2.05) is 0 Å². The fourth-order valence-electron chi connectivity index (χ4n) is 2.08. The lowest BCUT2D eigenvalue weighted by atomic mass is 10.1. The van der Waals surface area contributed by atoms with Gasteiger partial charge >= 0.3 is 0 Å². The highest BCUT2D eigenvalue weighted by atomic mass is 28.4. The number of rotatable bonds is 6. The van der Waals surface area contributed by atoms with Crippen molar-refractivity contribution in [3.05, 3.63) is 47.7 Å². The molecule has 0 bridgehead atoms. The smallest absolute Gasteiger partial charge is 0.198 e. The summed E-state index contributed by atoms with van der Waals surface area (Å²) >= 11 is 0. The highest BCUT2D eigenvalue weighted by molar-refractivity contribution is 6.86. The Bertz CT molecular complexity index is 377. The molecule has 0 atom stereocenters. The molecule has 3 heteroatoms. The molecule has 0 unspecified atom stereocenters. The first kappa shape index (κ1) is 15.4. The van der Waals surface area contributed by atoms with Crippen molar-refractivity contribution >= 4 is 16.6 Å². The molecule has 0 radical (unpaired) electrons. The average molecular weight is 279 g/mol. The fourth-order valence-corrected chi connectivity index (χ4v) is 9.40. The van der Waals surface area contributed by atoms with Crippen molar-refractivity contribution in [3.63, 3.8) is 0 Å². The highest BCUT2D eigenvalue weighted by Gasteiger charge is 2.26. The molecular formula is C15H26OSi2. The van der Waals surface area contributed by atoms with Gasteiger partial charge < -0.3 is 4.12 Å². The molecule has 0 spiro atoms. The van der Waals surface area contributed by atoms with E-state index in [4.69, 9.17) is 4.12 Å². The van der Waals surface area contributed by atoms with Crippen molar-refractivity contribution in [2.75, 3.05) is 0 Å². The quantitative estimate of drug-likeness (QED) is 0.681. The SMILES string of the molecule is C[Si](C)(C)O[Si](C)(C)/C=C/CCc1ccccc1. The van der Waals surface area contributed by atoms with Crippen LogP contribution in [0.15, 0.2) is 42.1 Å². The second-order valence-corrected chi connectivity index (χ2v) is 14.8. The van der Waals surface area contributed by atoms with Crippen LogP contribution < -0.4 is 0 Å². The van der Waals surface area contributed by atoms with Gasteiger partial charge in [-0.1, -0.05) is 42.1 Å². The Kier molecular flexibility index (Phi) is 5.57. The third-order valence-corrected chi connectivity index (χ3v) is 8.12. The lowest BCUT2D eigenvalue weighted by molar-refractivity contribution is 0.564. The van der Waals surface area contributed by atoms with E-state index >= 15 is 0 Å². The molecule has 0 aliphatic carbocycles. The predicted octanol–water partition coefficient (Wildman–Crippen LogP) is 4.77. The van der Waals surface area contributed by atoms with Gasteiger partial charge in [0.1, 0.15) is 0 Å². The van der Waals surface area contributed by atoms with Gasteiger partial charge in [-0.15, -0.1) is 0 Å². The van der Waals surface area contributed by atoms with Gasteiger partial charge in [-0.3, -0.25) is 0 Å². The van der Waals surface area contributed by atoms with E-state index in [-0.39, 0.29) is 0 Å². The summed E-state index contributed by atoms with van der Waals surface area (Å²) in [5, 5.41) is 0. The number of benzene rings is 1. The maximum atomic E-state index is 6.27. The van der Waals surface area contributed by atoms with Gasteiger partial charge in [0.2, 0.25) is 0 Å². The summed E-state index contributed by atoms with van der Waals surface area (Å²) in [5.74, 6) is 0. The van der Waals surface area contributed by atoms with Crippen LogP contribution >= 0.6 is 0 Å². The molecule has 0 heterocycles. The maximum absolute atomic E-state index is 6.27. The predicted molar refractivity (Wildman–Crippen MR) is 85.8 cm³/mol.